The highest BCUT2D eigenvalue weighted by Crippen LogP contribution is 2.18. The van der Waals surface area contributed by atoms with Gasteiger partial charge in [-0.15, -0.1) is 0 Å². The molecule has 1 N–H and O–H groups in total. The van der Waals surface area contributed by atoms with E-state index in [1.54, 1.807) is 0 Å². The topological polar surface area (TPSA) is 28.2 Å². The highest BCUT2D eigenvalue weighted by atomic mass is 15.1. The molecule has 0 saturated heterocycles. The van der Waals surface area contributed by atoms with Gasteiger partial charge in [-0.3, -0.25) is 4.98 Å². The monoisotopic (exact) mass is 269 g/mol. The van der Waals surface area contributed by atoms with E-state index in [-0.39, 0.29) is 0 Å². The Balaban J connectivity index is 2.14. The number of nitrogens with one attached hydrogen (secondary N) is 1. The molecule has 3 nitrogen and oxygen atoms in total. The molecule has 0 aliphatic carbocycles. The van der Waals surface area contributed by atoms with Crippen LogP contribution in [0.4, 0.5) is 11.4 Å². The average molecular weight is 269 g/mol. The summed E-state index contributed by atoms with van der Waals surface area (Å²) in [6, 6.07) is 14.7. The third kappa shape index (κ3) is 3.98. The molecule has 0 spiro atoms. The molecule has 0 unspecified atom stereocenters. The van der Waals surface area contributed by atoms with E-state index in [9.17, 15) is 0 Å². The zero-order chi connectivity index (χ0) is 14.2. The van der Waals surface area contributed by atoms with Crippen molar-refractivity contribution in [3.8, 4) is 0 Å². The van der Waals surface area contributed by atoms with Gasteiger partial charge >= 0.3 is 0 Å². The van der Waals surface area contributed by atoms with Crippen LogP contribution in [-0.4, -0.2) is 18.6 Å². The Kier molecular flexibility index (Phi) is 5.42. The summed E-state index contributed by atoms with van der Waals surface area (Å²) in [4.78, 5) is 6.87. The molecule has 0 fully saturated rings. The second-order valence-corrected chi connectivity index (χ2v) is 4.90. The van der Waals surface area contributed by atoms with Gasteiger partial charge in [0.25, 0.3) is 0 Å². The predicted octanol–water partition coefficient (Wildman–Crippen LogP) is 3.93. The number of hydrogen-bond donors (Lipinski definition) is 1. The lowest BCUT2D eigenvalue weighted by Gasteiger charge is -2.24. The first-order valence-corrected chi connectivity index (χ1v) is 7.26. The highest BCUT2D eigenvalue weighted by molar-refractivity contribution is 5.48. The molecule has 0 aliphatic heterocycles. The third-order valence-corrected chi connectivity index (χ3v) is 3.36. The van der Waals surface area contributed by atoms with Crippen LogP contribution in [-0.2, 0) is 6.54 Å². The summed E-state index contributed by atoms with van der Waals surface area (Å²) in [6.07, 6.45) is 4.26. The summed E-state index contributed by atoms with van der Waals surface area (Å²) in [5.41, 5.74) is 3.47. The van der Waals surface area contributed by atoms with Crippen LogP contribution in [0.1, 0.15) is 25.5 Å². The van der Waals surface area contributed by atoms with Gasteiger partial charge in [-0.2, -0.15) is 0 Å². The first kappa shape index (κ1) is 14.4. The lowest BCUT2D eigenvalue weighted by Crippen LogP contribution is -2.24. The van der Waals surface area contributed by atoms with Crippen LogP contribution < -0.4 is 10.2 Å². The SMILES string of the molecule is CCCCN(Cc1cc(NC)ccn1)c1ccccc1. The smallest absolute Gasteiger partial charge is 0.0617 e. The number of hydrogen-bond acceptors (Lipinski definition) is 3. The fourth-order valence-corrected chi connectivity index (χ4v) is 2.20. The molecule has 20 heavy (non-hydrogen) atoms. The molecule has 3 heteroatoms. The Bertz CT molecular complexity index is 511. The number of pyridine rings is 1. The first-order valence-electron chi connectivity index (χ1n) is 7.26. The average Bonchev–Trinajstić information content (AvgIpc) is 2.52. The van der Waals surface area contributed by atoms with Crippen molar-refractivity contribution in [2.75, 3.05) is 23.8 Å². The summed E-state index contributed by atoms with van der Waals surface area (Å²) >= 11 is 0. The summed E-state index contributed by atoms with van der Waals surface area (Å²) < 4.78 is 0. The quantitative estimate of drug-likeness (QED) is 0.825. The molecule has 1 aromatic heterocycles. The molecule has 0 atom stereocenters. The molecular weight excluding hydrogens is 246 g/mol. The maximum absolute atomic E-state index is 4.48. The Morgan fingerprint density at radius 3 is 2.65 bits per heavy atom. The summed E-state index contributed by atoms with van der Waals surface area (Å²) in [6.45, 7) is 4.13. The fourth-order valence-electron chi connectivity index (χ4n) is 2.20. The Hall–Kier alpha value is -2.03. The number of nitrogens with zero attached hydrogens (tertiary/aromatic N) is 2. The van der Waals surface area contributed by atoms with Crippen LogP contribution in [0.15, 0.2) is 48.7 Å². The number of unbranched alkanes of at least 4 members (excludes halogenated alkanes) is 1. The van der Waals surface area contributed by atoms with E-state index in [4.69, 9.17) is 0 Å². The molecule has 0 saturated carbocycles. The van der Waals surface area contributed by atoms with Gasteiger partial charge in [0.05, 0.1) is 12.2 Å². The second-order valence-electron chi connectivity index (χ2n) is 4.90. The van der Waals surface area contributed by atoms with Crippen LogP contribution in [0.25, 0.3) is 0 Å². The second kappa shape index (κ2) is 7.53. The van der Waals surface area contributed by atoms with Crippen molar-refractivity contribution in [3.05, 3.63) is 54.4 Å². The fraction of sp³-hybridized carbons (Fsp3) is 0.353. The van der Waals surface area contributed by atoms with E-state index >= 15 is 0 Å². The number of aromatic nitrogens is 1. The summed E-state index contributed by atoms with van der Waals surface area (Å²) in [5.74, 6) is 0. The van der Waals surface area contributed by atoms with Gasteiger partial charge < -0.3 is 10.2 Å². The van der Waals surface area contributed by atoms with Crippen LogP contribution in [0.5, 0.6) is 0 Å². The van der Waals surface area contributed by atoms with Gasteiger partial charge in [0, 0.05) is 31.2 Å². The minimum Gasteiger partial charge on any atom is -0.388 e. The molecule has 1 heterocycles. The number of rotatable bonds is 7. The zero-order valence-corrected chi connectivity index (χ0v) is 12.3. The molecule has 0 radical (unpaired) electrons. The molecule has 0 amide bonds. The largest absolute Gasteiger partial charge is 0.388 e. The highest BCUT2D eigenvalue weighted by Gasteiger charge is 2.07. The van der Waals surface area contributed by atoms with Crippen LogP contribution in [0.2, 0.25) is 0 Å². The Labute approximate surface area is 121 Å². The number of anilines is 2. The van der Waals surface area contributed by atoms with Crippen molar-refractivity contribution in [2.45, 2.75) is 26.3 Å². The minimum absolute atomic E-state index is 0.847. The van der Waals surface area contributed by atoms with Gasteiger partial charge in [-0.25, -0.2) is 0 Å². The molecular formula is C17H23N3. The van der Waals surface area contributed by atoms with Crippen molar-refractivity contribution in [1.29, 1.82) is 0 Å². The molecule has 106 valence electrons. The van der Waals surface area contributed by atoms with Crippen molar-refractivity contribution in [1.82, 2.24) is 4.98 Å². The van der Waals surface area contributed by atoms with Crippen molar-refractivity contribution in [2.24, 2.45) is 0 Å². The van der Waals surface area contributed by atoms with E-state index < -0.39 is 0 Å². The standard InChI is InChI=1S/C17H23N3/c1-3-4-12-20(17-8-6-5-7-9-17)14-16-13-15(18-2)10-11-19-16/h5-11,13H,3-4,12,14H2,1-2H3,(H,18,19). The van der Waals surface area contributed by atoms with Crippen molar-refractivity contribution in [3.63, 3.8) is 0 Å². The molecule has 2 aromatic rings. The van der Waals surface area contributed by atoms with Crippen molar-refractivity contribution < 1.29 is 0 Å². The molecule has 2 rings (SSSR count). The lowest BCUT2D eigenvalue weighted by atomic mass is 10.2. The normalized spacial score (nSPS) is 10.3. The maximum Gasteiger partial charge on any atom is 0.0617 e. The Morgan fingerprint density at radius 2 is 1.95 bits per heavy atom. The summed E-state index contributed by atoms with van der Waals surface area (Å²) in [7, 11) is 1.94. The van der Waals surface area contributed by atoms with Gasteiger partial charge in [-0.05, 0) is 30.7 Å². The van der Waals surface area contributed by atoms with Crippen LogP contribution in [0, 0.1) is 0 Å². The molecule has 0 aliphatic rings. The first-order chi connectivity index (χ1) is 9.83. The van der Waals surface area contributed by atoms with E-state index in [0.717, 1.165) is 24.5 Å². The predicted molar refractivity (Wildman–Crippen MR) is 86.2 cm³/mol. The zero-order valence-electron chi connectivity index (χ0n) is 12.3. The van der Waals surface area contributed by atoms with Gasteiger partial charge in [0.15, 0.2) is 0 Å². The van der Waals surface area contributed by atoms with E-state index in [2.05, 4.69) is 58.5 Å². The van der Waals surface area contributed by atoms with E-state index in [0.29, 0.717) is 0 Å². The van der Waals surface area contributed by atoms with E-state index in [1.165, 1.54) is 18.5 Å². The van der Waals surface area contributed by atoms with Gasteiger partial charge in [0.1, 0.15) is 0 Å². The molecule has 1 aromatic carbocycles. The maximum atomic E-state index is 4.48. The third-order valence-electron chi connectivity index (χ3n) is 3.36. The number of benzene rings is 1. The number of para-hydroxylation sites is 1. The van der Waals surface area contributed by atoms with Gasteiger partial charge in [-0.1, -0.05) is 31.5 Å². The van der Waals surface area contributed by atoms with Crippen LogP contribution in [0.3, 0.4) is 0 Å². The Morgan fingerprint density at radius 1 is 1.15 bits per heavy atom. The summed E-state index contributed by atoms with van der Waals surface area (Å²) in [5, 5.41) is 3.17. The lowest BCUT2D eigenvalue weighted by molar-refractivity contribution is 0.708. The molecule has 0 bridgehead atoms. The van der Waals surface area contributed by atoms with Crippen LogP contribution >= 0.6 is 0 Å². The van der Waals surface area contributed by atoms with Gasteiger partial charge in [0.2, 0.25) is 0 Å². The minimum atomic E-state index is 0.847. The van der Waals surface area contributed by atoms with E-state index in [1.807, 2.05) is 19.3 Å². The van der Waals surface area contributed by atoms with Crippen molar-refractivity contribution >= 4 is 11.4 Å².